The Morgan fingerprint density at radius 2 is 1.83 bits per heavy atom. The van der Waals surface area contributed by atoms with Gasteiger partial charge in [0.1, 0.15) is 6.10 Å². The van der Waals surface area contributed by atoms with E-state index in [1.807, 2.05) is 0 Å². The third-order valence-electron chi connectivity index (χ3n) is 3.66. The molecule has 0 unspecified atom stereocenters. The van der Waals surface area contributed by atoms with E-state index in [0.29, 0.717) is 6.42 Å². The van der Waals surface area contributed by atoms with Crippen molar-refractivity contribution in [3.05, 3.63) is 11.5 Å². The number of rotatable bonds is 11. The van der Waals surface area contributed by atoms with E-state index in [-0.39, 0.29) is 6.42 Å². The molecule has 0 saturated heterocycles. The maximum Gasteiger partial charge on any atom is 0.378 e. The molecule has 7 heteroatoms. The Balaban J connectivity index is 2.36. The number of aliphatic hydroxyl groups is 3. The average Bonchev–Trinajstić information content (AvgIpc) is 2.81. The van der Waals surface area contributed by atoms with Crippen LogP contribution in [0.3, 0.4) is 0 Å². The molecular weight excluding hydrogens is 304 g/mol. The highest BCUT2D eigenvalue weighted by Gasteiger charge is 2.41. The SMILES string of the molecule is CCCCCCCCCC(=O)OC1=C(O)C(=O)O[C@@H]1[C@@H](O)CO. The molecular formula is C16H26O7. The van der Waals surface area contributed by atoms with E-state index >= 15 is 0 Å². The van der Waals surface area contributed by atoms with E-state index in [1.165, 1.54) is 19.3 Å². The summed E-state index contributed by atoms with van der Waals surface area (Å²) in [6.07, 6.45) is 4.70. The van der Waals surface area contributed by atoms with Gasteiger partial charge in [-0.2, -0.15) is 0 Å². The Labute approximate surface area is 135 Å². The zero-order chi connectivity index (χ0) is 17.2. The van der Waals surface area contributed by atoms with Crippen LogP contribution in [0.25, 0.3) is 0 Å². The van der Waals surface area contributed by atoms with Gasteiger partial charge in [-0.05, 0) is 6.42 Å². The van der Waals surface area contributed by atoms with Crippen molar-refractivity contribution < 1.29 is 34.4 Å². The van der Waals surface area contributed by atoms with Gasteiger partial charge in [-0.15, -0.1) is 0 Å². The van der Waals surface area contributed by atoms with Crippen LogP contribution in [-0.2, 0) is 19.1 Å². The molecule has 0 radical (unpaired) electrons. The van der Waals surface area contributed by atoms with E-state index in [9.17, 15) is 19.8 Å². The van der Waals surface area contributed by atoms with Crippen LogP contribution < -0.4 is 0 Å². The molecule has 0 saturated carbocycles. The van der Waals surface area contributed by atoms with Crippen molar-refractivity contribution in [2.75, 3.05) is 6.61 Å². The van der Waals surface area contributed by atoms with Crippen LogP contribution in [0.4, 0.5) is 0 Å². The number of hydrogen-bond donors (Lipinski definition) is 3. The van der Waals surface area contributed by atoms with E-state index in [0.717, 1.165) is 19.3 Å². The third kappa shape index (κ3) is 6.19. The van der Waals surface area contributed by atoms with Crippen molar-refractivity contribution in [1.29, 1.82) is 0 Å². The lowest BCUT2D eigenvalue weighted by Crippen LogP contribution is -2.33. The van der Waals surface area contributed by atoms with Gasteiger partial charge in [0.15, 0.2) is 6.10 Å². The molecule has 0 aliphatic carbocycles. The summed E-state index contributed by atoms with van der Waals surface area (Å²) in [4.78, 5) is 23.0. The van der Waals surface area contributed by atoms with E-state index in [1.54, 1.807) is 0 Å². The normalized spacial score (nSPS) is 18.9. The van der Waals surface area contributed by atoms with Crippen molar-refractivity contribution in [3.63, 3.8) is 0 Å². The fraction of sp³-hybridized carbons (Fsp3) is 0.750. The Morgan fingerprint density at radius 1 is 1.22 bits per heavy atom. The number of cyclic esters (lactones) is 1. The van der Waals surface area contributed by atoms with Crippen molar-refractivity contribution in [3.8, 4) is 0 Å². The van der Waals surface area contributed by atoms with Crippen LogP contribution in [0.15, 0.2) is 11.5 Å². The highest BCUT2D eigenvalue weighted by molar-refractivity contribution is 5.90. The predicted molar refractivity (Wildman–Crippen MR) is 81.3 cm³/mol. The summed E-state index contributed by atoms with van der Waals surface area (Å²) in [7, 11) is 0. The van der Waals surface area contributed by atoms with Crippen molar-refractivity contribution in [1.82, 2.24) is 0 Å². The highest BCUT2D eigenvalue weighted by atomic mass is 16.6. The van der Waals surface area contributed by atoms with Crippen molar-refractivity contribution in [2.45, 2.75) is 70.5 Å². The van der Waals surface area contributed by atoms with Gasteiger partial charge >= 0.3 is 11.9 Å². The number of hydrogen-bond acceptors (Lipinski definition) is 7. The third-order valence-corrected chi connectivity index (χ3v) is 3.66. The molecule has 2 atom stereocenters. The lowest BCUT2D eigenvalue weighted by molar-refractivity contribution is -0.151. The zero-order valence-electron chi connectivity index (χ0n) is 13.5. The predicted octanol–water partition coefficient (Wildman–Crippen LogP) is 1.72. The minimum atomic E-state index is -1.45. The molecule has 0 aromatic carbocycles. The molecule has 3 N–H and O–H groups in total. The molecule has 0 spiro atoms. The first kappa shape index (κ1) is 19.4. The van der Waals surface area contributed by atoms with Gasteiger partial charge in [0.25, 0.3) is 0 Å². The zero-order valence-corrected chi connectivity index (χ0v) is 13.5. The molecule has 1 aliphatic heterocycles. The summed E-state index contributed by atoms with van der Waals surface area (Å²) in [6, 6.07) is 0. The highest BCUT2D eigenvalue weighted by Crippen LogP contribution is 2.25. The monoisotopic (exact) mass is 330 g/mol. The Bertz CT molecular complexity index is 430. The molecule has 0 bridgehead atoms. The lowest BCUT2D eigenvalue weighted by Gasteiger charge is -2.17. The van der Waals surface area contributed by atoms with Gasteiger partial charge in [-0.1, -0.05) is 45.4 Å². The summed E-state index contributed by atoms with van der Waals surface area (Å²) in [5, 5.41) is 28.0. The van der Waals surface area contributed by atoms with Crippen molar-refractivity contribution in [2.24, 2.45) is 0 Å². The van der Waals surface area contributed by atoms with Gasteiger partial charge in [0.2, 0.25) is 11.5 Å². The maximum atomic E-state index is 11.8. The lowest BCUT2D eigenvalue weighted by atomic mass is 10.1. The smallest absolute Gasteiger partial charge is 0.378 e. The van der Waals surface area contributed by atoms with Crippen LogP contribution in [0.5, 0.6) is 0 Å². The van der Waals surface area contributed by atoms with Gasteiger partial charge in [0, 0.05) is 6.42 Å². The standard InChI is InChI=1S/C16H26O7/c1-2-3-4-5-6-7-8-9-12(19)22-15-13(20)16(21)23-14(15)11(18)10-17/h11,14,17-18,20H,2-10H2,1H3/t11-,14+/m0/s1. The molecule has 7 nitrogen and oxygen atoms in total. The summed E-state index contributed by atoms with van der Waals surface area (Å²) >= 11 is 0. The Morgan fingerprint density at radius 3 is 2.43 bits per heavy atom. The number of aliphatic hydroxyl groups excluding tert-OH is 3. The largest absolute Gasteiger partial charge is 0.499 e. The Hall–Kier alpha value is -1.60. The van der Waals surface area contributed by atoms with Crippen molar-refractivity contribution >= 4 is 11.9 Å². The molecule has 0 amide bonds. The maximum absolute atomic E-state index is 11.8. The average molecular weight is 330 g/mol. The molecule has 0 aromatic heterocycles. The van der Waals surface area contributed by atoms with Gasteiger partial charge in [0.05, 0.1) is 6.61 Å². The fourth-order valence-electron chi connectivity index (χ4n) is 2.32. The van der Waals surface area contributed by atoms with Crippen LogP contribution >= 0.6 is 0 Å². The first-order valence-electron chi connectivity index (χ1n) is 8.15. The van der Waals surface area contributed by atoms with Gasteiger partial charge in [-0.25, -0.2) is 4.79 Å². The summed E-state index contributed by atoms with van der Waals surface area (Å²) in [6.45, 7) is 1.46. The fourth-order valence-corrected chi connectivity index (χ4v) is 2.32. The molecule has 0 fully saturated rings. The topological polar surface area (TPSA) is 113 Å². The van der Waals surface area contributed by atoms with Crippen LogP contribution in [0.2, 0.25) is 0 Å². The van der Waals surface area contributed by atoms with Gasteiger partial charge in [-0.3, -0.25) is 4.79 Å². The van der Waals surface area contributed by atoms with Crippen LogP contribution in [0, 0.1) is 0 Å². The Kier molecular flexibility index (Phi) is 8.65. The van der Waals surface area contributed by atoms with E-state index in [2.05, 4.69) is 11.7 Å². The second-order valence-corrected chi connectivity index (χ2v) is 5.63. The number of esters is 2. The van der Waals surface area contributed by atoms with E-state index < -0.39 is 42.3 Å². The van der Waals surface area contributed by atoms with Crippen LogP contribution in [0.1, 0.15) is 58.3 Å². The first-order chi connectivity index (χ1) is 11.0. The number of carbonyl (C=O) groups is 2. The van der Waals surface area contributed by atoms with E-state index in [4.69, 9.17) is 9.84 Å². The first-order valence-corrected chi connectivity index (χ1v) is 8.15. The summed E-state index contributed by atoms with van der Waals surface area (Å²) < 4.78 is 9.62. The van der Waals surface area contributed by atoms with Crippen LogP contribution in [-0.4, -0.2) is 46.1 Å². The summed E-state index contributed by atoms with van der Waals surface area (Å²) in [5.41, 5.74) is 0. The summed E-state index contributed by atoms with van der Waals surface area (Å²) in [5.74, 6) is -2.95. The number of ether oxygens (including phenoxy) is 2. The quantitative estimate of drug-likeness (QED) is 0.390. The molecule has 1 aliphatic rings. The molecule has 23 heavy (non-hydrogen) atoms. The second kappa shape index (κ2) is 10.2. The second-order valence-electron chi connectivity index (χ2n) is 5.63. The molecule has 1 heterocycles. The van der Waals surface area contributed by atoms with Gasteiger partial charge < -0.3 is 24.8 Å². The minimum Gasteiger partial charge on any atom is -0.499 e. The minimum absolute atomic E-state index is 0.153. The molecule has 0 aromatic rings. The number of unbranched alkanes of at least 4 members (excludes halogenated alkanes) is 6. The molecule has 132 valence electrons. The molecule has 1 rings (SSSR count). The number of carbonyl (C=O) groups excluding carboxylic acids is 2.